The van der Waals surface area contributed by atoms with E-state index >= 15 is 0 Å². The third kappa shape index (κ3) is 2.68. The molecule has 0 radical (unpaired) electrons. The molecule has 1 saturated carbocycles. The molecule has 120 valence electrons. The topological polar surface area (TPSA) is 45.9 Å². The van der Waals surface area contributed by atoms with E-state index in [1.165, 1.54) is 19.4 Å². The Morgan fingerprint density at radius 3 is 2.77 bits per heavy atom. The summed E-state index contributed by atoms with van der Waals surface area (Å²) in [5, 5.41) is 0. The Hall–Kier alpha value is -1.33. The number of hydrogen-bond donors (Lipinski definition) is 0. The number of piperidine rings is 1. The van der Waals surface area contributed by atoms with Gasteiger partial charge in [-0.25, -0.2) is 0 Å². The lowest BCUT2D eigenvalue weighted by molar-refractivity contribution is -0.0934. The standard InChI is InChI=1S/C17H24N2O3/c20-16(15-2-1-10-22-15)18-7-5-17(6-8-18)13-21-11-9-19(17)12-14-3-4-14/h1-2,10,14H,3-9,11-13H2. The Bertz CT molecular complexity index is 516. The Labute approximate surface area is 131 Å². The van der Waals surface area contributed by atoms with Crippen LogP contribution < -0.4 is 0 Å². The fourth-order valence-corrected chi connectivity index (χ4v) is 3.81. The molecule has 0 atom stereocenters. The predicted octanol–water partition coefficient (Wildman–Crippen LogP) is 2.00. The van der Waals surface area contributed by atoms with Gasteiger partial charge in [0.25, 0.3) is 5.91 Å². The highest BCUT2D eigenvalue weighted by Crippen LogP contribution is 2.37. The molecule has 3 heterocycles. The smallest absolute Gasteiger partial charge is 0.289 e. The Morgan fingerprint density at radius 2 is 2.09 bits per heavy atom. The highest BCUT2D eigenvalue weighted by atomic mass is 16.5. The summed E-state index contributed by atoms with van der Waals surface area (Å²) >= 11 is 0. The maximum absolute atomic E-state index is 12.4. The summed E-state index contributed by atoms with van der Waals surface area (Å²) in [6.07, 6.45) is 6.34. The van der Waals surface area contributed by atoms with E-state index in [0.29, 0.717) is 5.76 Å². The van der Waals surface area contributed by atoms with Crippen LogP contribution in [0.4, 0.5) is 0 Å². The molecule has 3 fully saturated rings. The van der Waals surface area contributed by atoms with Crippen LogP contribution in [-0.2, 0) is 4.74 Å². The molecule has 1 aromatic heterocycles. The molecule has 4 rings (SSSR count). The minimum absolute atomic E-state index is 0.0188. The van der Waals surface area contributed by atoms with E-state index < -0.39 is 0 Å². The van der Waals surface area contributed by atoms with Gasteiger partial charge in [-0.15, -0.1) is 0 Å². The lowest BCUT2D eigenvalue weighted by Crippen LogP contribution is -2.62. The molecule has 1 amide bonds. The molecule has 0 aromatic carbocycles. The highest BCUT2D eigenvalue weighted by Gasteiger charge is 2.44. The summed E-state index contributed by atoms with van der Waals surface area (Å²) in [4.78, 5) is 17.0. The Balaban J connectivity index is 1.41. The monoisotopic (exact) mass is 304 g/mol. The van der Waals surface area contributed by atoms with Crippen molar-refractivity contribution in [2.24, 2.45) is 5.92 Å². The summed E-state index contributed by atoms with van der Waals surface area (Å²) in [7, 11) is 0. The van der Waals surface area contributed by atoms with Crippen LogP contribution >= 0.6 is 0 Å². The molecule has 0 unspecified atom stereocenters. The van der Waals surface area contributed by atoms with Crippen molar-refractivity contribution in [2.45, 2.75) is 31.2 Å². The summed E-state index contributed by atoms with van der Waals surface area (Å²) in [5.41, 5.74) is 0.154. The van der Waals surface area contributed by atoms with Gasteiger partial charge in [-0.1, -0.05) is 0 Å². The van der Waals surface area contributed by atoms with E-state index in [1.807, 2.05) is 4.90 Å². The number of ether oxygens (including phenoxy) is 1. The van der Waals surface area contributed by atoms with Gasteiger partial charge in [-0.2, -0.15) is 0 Å². The maximum Gasteiger partial charge on any atom is 0.289 e. The minimum atomic E-state index is 0.0188. The van der Waals surface area contributed by atoms with Crippen LogP contribution in [0.1, 0.15) is 36.2 Å². The number of amides is 1. The van der Waals surface area contributed by atoms with Crippen molar-refractivity contribution < 1.29 is 13.9 Å². The molecular weight excluding hydrogens is 280 g/mol. The number of hydrogen-bond acceptors (Lipinski definition) is 4. The van der Waals surface area contributed by atoms with Gasteiger partial charge < -0.3 is 14.1 Å². The molecule has 0 bridgehead atoms. The first-order chi connectivity index (χ1) is 10.8. The maximum atomic E-state index is 12.4. The number of furan rings is 1. The second kappa shape index (κ2) is 5.70. The van der Waals surface area contributed by atoms with Crippen molar-refractivity contribution in [1.29, 1.82) is 0 Å². The first kappa shape index (κ1) is 14.3. The van der Waals surface area contributed by atoms with Crippen molar-refractivity contribution in [3.8, 4) is 0 Å². The van der Waals surface area contributed by atoms with Crippen LogP contribution in [0.25, 0.3) is 0 Å². The number of morpholine rings is 1. The van der Waals surface area contributed by atoms with Crippen molar-refractivity contribution in [3.63, 3.8) is 0 Å². The summed E-state index contributed by atoms with van der Waals surface area (Å²) in [5.74, 6) is 1.37. The second-order valence-corrected chi connectivity index (χ2v) is 6.94. The van der Waals surface area contributed by atoms with Crippen LogP contribution in [0.2, 0.25) is 0 Å². The third-order valence-corrected chi connectivity index (χ3v) is 5.44. The van der Waals surface area contributed by atoms with Gasteiger partial charge in [0, 0.05) is 31.7 Å². The molecule has 5 heteroatoms. The number of rotatable bonds is 3. The molecule has 2 saturated heterocycles. The predicted molar refractivity (Wildman–Crippen MR) is 81.7 cm³/mol. The normalized spacial score (nSPS) is 25.5. The van der Waals surface area contributed by atoms with Crippen molar-refractivity contribution in [1.82, 2.24) is 9.80 Å². The van der Waals surface area contributed by atoms with Gasteiger partial charge in [0.15, 0.2) is 5.76 Å². The molecular formula is C17H24N2O3. The van der Waals surface area contributed by atoms with Crippen molar-refractivity contribution in [2.75, 3.05) is 39.4 Å². The zero-order valence-corrected chi connectivity index (χ0v) is 13.0. The van der Waals surface area contributed by atoms with Gasteiger partial charge >= 0.3 is 0 Å². The molecule has 1 aromatic rings. The number of nitrogens with zero attached hydrogens (tertiary/aromatic N) is 2. The lowest BCUT2D eigenvalue weighted by atomic mass is 9.85. The number of carbonyl (C=O) groups excluding carboxylic acids is 1. The SMILES string of the molecule is O=C(c1ccco1)N1CCC2(CC1)COCCN2CC1CC1. The van der Waals surface area contributed by atoms with Crippen LogP contribution in [0, 0.1) is 5.92 Å². The number of carbonyl (C=O) groups is 1. The zero-order chi connectivity index (χ0) is 15.0. The van der Waals surface area contributed by atoms with Gasteiger partial charge in [-0.05, 0) is 43.7 Å². The van der Waals surface area contributed by atoms with Crippen LogP contribution in [0.15, 0.2) is 22.8 Å². The first-order valence-electron chi connectivity index (χ1n) is 8.42. The summed E-state index contributed by atoms with van der Waals surface area (Å²) < 4.78 is 11.0. The quantitative estimate of drug-likeness (QED) is 0.857. The molecule has 1 spiro atoms. The van der Waals surface area contributed by atoms with Crippen molar-refractivity contribution >= 4 is 5.91 Å². The van der Waals surface area contributed by atoms with E-state index in [0.717, 1.165) is 51.6 Å². The summed E-state index contributed by atoms with van der Waals surface area (Å²) in [6, 6.07) is 3.51. The lowest BCUT2D eigenvalue weighted by Gasteiger charge is -2.51. The zero-order valence-electron chi connectivity index (χ0n) is 13.0. The average molecular weight is 304 g/mol. The minimum Gasteiger partial charge on any atom is -0.459 e. The fourth-order valence-electron chi connectivity index (χ4n) is 3.81. The highest BCUT2D eigenvalue weighted by molar-refractivity contribution is 5.91. The van der Waals surface area contributed by atoms with E-state index in [4.69, 9.17) is 9.15 Å². The Morgan fingerprint density at radius 1 is 1.27 bits per heavy atom. The molecule has 5 nitrogen and oxygen atoms in total. The summed E-state index contributed by atoms with van der Waals surface area (Å²) in [6.45, 7) is 5.53. The average Bonchev–Trinajstić information content (AvgIpc) is 3.20. The number of likely N-dealkylation sites (tertiary alicyclic amines) is 1. The second-order valence-electron chi connectivity index (χ2n) is 6.94. The first-order valence-corrected chi connectivity index (χ1v) is 8.42. The molecule has 2 aliphatic heterocycles. The van der Waals surface area contributed by atoms with Gasteiger partial charge in [0.1, 0.15) is 0 Å². The molecule has 1 aliphatic carbocycles. The third-order valence-electron chi connectivity index (χ3n) is 5.44. The van der Waals surface area contributed by atoms with Crippen LogP contribution in [-0.4, -0.2) is 60.6 Å². The molecule has 0 N–H and O–H groups in total. The van der Waals surface area contributed by atoms with Crippen LogP contribution in [0.3, 0.4) is 0 Å². The van der Waals surface area contributed by atoms with Gasteiger partial charge in [-0.3, -0.25) is 9.69 Å². The van der Waals surface area contributed by atoms with E-state index in [-0.39, 0.29) is 11.4 Å². The molecule has 22 heavy (non-hydrogen) atoms. The van der Waals surface area contributed by atoms with E-state index in [2.05, 4.69) is 4.90 Å². The Kier molecular flexibility index (Phi) is 3.70. The molecule has 3 aliphatic rings. The fraction of sp³-hybridized carbons (Fsp3) is 0.706. The van der Waals surface area contributed by atoms with E-state index in [9.17, 15) is 4.79 Å². The van der Waals surface area contributed by atoms with E-state index in [1.54, 1.807) is 18.4 Å². The van der Waals surface area contributed by atoms with Crippen LogP contribution in [0.5, 0.6) is 0 Å². The van der Waals surface area contributed by atoms with Crippen molar-refractivity contribution in [3.05, 3.63) is 24.2 Å². The van der Waals surface area contributed by atoms with Gasteiger partial charge in [0.2, 0.25) is 0 Å². The van der Waals surface area contributed by atoms with Gasteiger partial charge in [0.05, 0.1) is 19.5 Å². The largest absolute Gasteiger partial charge is 0.459 e.